The molecule has 1 aromatic carbocycles. The van der Waals surface area contributed by atoms with Crippen molar-refractivity contribution in [2.45, 2.75) is 50.9 Å². The van der Waals surface area contributed by atoms with Crippen molar-refractivity contribution >= 4 is 17.3 Å². The maximum Gasteiger partial charge on any atom is 0.270 e. The Kier molecular flexibility index (Phi) is 4.32. The van der Waals surface area contributed by atoms with E-state index < -0.39 is 23.0 Å². The number of hydrogen-bond donors (Lipinski definition) is 3. The van der Waals surface area contributed by atoms with Crippen LogP contribution in [-0.2, 0) is 10.3 Å². The van der Waals surface area contributed by atoms with E-state index in [1.54, 1.807) is 35.8 Å². The van der Waals surface area contributed by atoms with E-state index in [-0.39, 0.29) is 17.1 Å². The molecule has 1 amide bonds. The molecule has 2 aliphatic carbocycles. The molecule has 0 spiro atoms. The van der Waals surface area contributed by atoms with Crippen LogP contribution >= 0.6 is 0 Å². The van der Waals surface area contributed by atoms with E-state index in [1.165, 1.54) is 6.20 Å². The van der Waals surface area contributed by atoms with Crippen LogP contribution in [0.1, 0.15) is 59.8 Å². The van der Waals surface area contributed by atoms with Gasteiger partial charge in [-0.1, -0.05) is 32.1 Å². The van der Waals surface area contributed by atoms with Crippen molar-refractivity contribution in [3.63, 3.8) is 0 Å². The zero-order chi connectivity index (χ0) is 24.7. The lowest BCUT2D eigenvalue weighted by Gasteiger charge is -2.34. The quantitative estimate of drug-likeness (QED) is 0.534. The Labute approximate surface area is 201 Å². The van der Waals surface area contributed by atoms with Gasteiger partial charge in [0.25, 0.3) is 11.7 Å². The molecule has 4 N–H and O–H groups in total. The summed E-state index contributed by atoms with van der Waals surface area (Å²) < 4.78 is 7.70. The molecule has 0 bridgehead atoms. The predicted octanol–water partition coefficient (Wildman–Crippen LogP) is 2.38. The number of ketones is 1. The fourth-order valence-corrected chi connectivity index (χ4v) is 5.44. The maximum absolute atomic E-state index is 14.1. The number of aromatic nitrogens is 3. The number of nitrogens with zero attached hydrogens (tertiary/aromatic N) is 3. The molecule has 0 saturated heterocycles. The first kappa shape index (κ1) is 21.5. The van der Waals surface area contributed by atoms with Crippen LogP contribution in [0.25, 0.3) is 5.65 Å². The van der Waals surface area contributed by atoms with E-state index in [2.05, 4.69) is 15.4 Å². The molecule has 0 radical (unpaired) electrons. The van der Waals surface area contributed by atoms with E-state index in [0.29, 0.717) is 46.8 Å². The number of amides is 1. The normalized spacial score (nSPS) is 24.8. The number of ether oxygens (including phenoxy) is 1. The lowest BCUT2D eigenvalue weighted by Crippen LogP contribution is -2.62. The second kappa shape index (κ2) is 7.02. The molecule has 178 valence electrons. The van der Waals surface area contributed by atoms with E-state index in [0.717, 1.165) is 5.56 Å². The van der Waals surface area contributed by atoms with Crippen LogP contribution in [0.2, 0.25) is 0 Å². The minimum atomic E-state index is -2.13. The number of nitrogens with one attached hydrogen (secondary N) is 1. The minimum absolute atomic E-state index is 0.203. The summed E-state index contributed by atoms with van der Waals surface area (Å²) in [6, 6.07) is 7.18. The Hall–Kier alpha value is -3.98. The molecule has 1 fully saturated rings. The highest BCUT2D eigenvalue weighted by atomic mass is 16.6. The Bertz CT molecular complexity index is 1520. The first-order chi connectivity index (χ1) is 16.7. The summed E-state index contributed by atoms with van der Waals surface area (Å²) in [7, 11) is 0. The number of rotatable bonds is 3. The van der Waals surface area contributed by atoms with Gasteiger partial charge in [-0.25, -0.2) is 9.50 Å². The summed E-state index contributed by atoms with van der Waals surface area (Å²) in [5.74, 6) is -2.64. The smallest absolute Gasteiger partial charge is 0.270 e. The third kappa shape index (κ3) is 2.61. The molecular weight excluding hydrogens is 446 g/mol. The van der Waals surface area contributed by atoms with Gasteiger partial charge in [0.05, 0.1) is 17.5 Å². The first-order valence-electron chi connectivity index (χ1n) is 11.6. The molecule has 35 heavy (non-hydrogen) atoms. The summed E-state index contributed by atoms with van der Waals surface area (Å²) in [6.07, 6.45) is 5.85. The van der Waals surface area contributed by atoms with Crippen LogP contribution in [0.5, 0.6) is 5.75 Å². The minimum Gasteiger partial charge on any atom is -0.454 e. The lowest BCUT2D eigenvalue weighted by molar-refractivity contribution is -0.152. The molecular formula is C26H25N5O4. The summed E-state index contributed by atoms with van der Waals surface area (Å²) in [6.45, 7) is 5.83. The molecule has 2 atom stereocenters. The van der Waals surface area contributed by atoms with Gasteiger partial charge in [-0.2, -0.15) is 5.10 Å². The largest absolute Gasteiger partial charge is 0.454 e. The summed E-state index contributed by atoms with van der Waals surface area (Å²) in [5.41, 5.74) is 7.99. The Morgan fingerprint density at radius 2 is 2.11 bits per heavy atom. The standard InChI is InChI=1S/C26H25N5O4/c1-13(2)15-7-8-17-20(11-15)35-26(34)18-5-4-6-19(27)22(18)23(32)25(17,26)30-24(33)16-12-28-21-9-10-29-31(21)14(16)3/h5,7-13,34H,4,6,27H2,1-3H3,(H,30,33). The van der Waals surface area contributed by atoms with Crippen molar-refractivity contribution in [2.24, 2.45) is 5.73 Å². The molecule has 9 nitrogen and oxygen atoms in total. The second-order valence-electron chi connectivity index (χ2n) is 9.60. The third-order valence-electron chi connectivity index (χ3n) is 7.33. The van der Waals surface area contributed by atoms with Crippen LogP contribution in [0, 0.1) is 6.92 Å². The molecule has 6 rings (SSSR count). The van der Waals surface area contributed by atoms with Crippen LogP contribution in [0.15, 0.2) is 59.6 Å². The summed E-state index contributed by atoms with van der Waals surface area (Å²) in [4.78, 5) is 32.1. The number of benzene rings is 1. The van der Waals surface area contributed by atoms with Crippen molar-refractivity contribution in [1.82, 2.24) is 19.9 Å². The predicted molar refractivity (Wildman–Crippen MR) is 127 cm³/mol. The van der Waals surface area contributed by atoms with E-state index >= 15 is 0 Å². The lowest BCUT2D eigenvalue weighted by atomic mass is 9.82. The Morgan fingerprint density at radius 1 is 1.31 bits per heavy atom. The number of Topliss-reactive ketones (excluding diaryl/α,β-unsaturated/α-hetero) is 1. The number of aliphatic hydroxyl groups is 1. The molecule has 3 heterocycles. The fraction of sp³-hybridized carbons (Fsp3) is 0.308. The van der Waals surface area contributed by atoms with Crippen LogP contribution < -0.4 is 15.8 Å². The topological polar surface area (TPSA) is 132 Å². The molecule has 2 unspecified atom stereocenters. The molecule has 3 aromatic rings. The third-order valence-corrected chi connectivity index (χ3v) is 7.33. The average Bonchev–Trinajstić information content (AvgIpc) is 3.45. The van der Waals surface area contributed by atoms with E-state index in [1.807, 2.05) is 26.0 Å². The Balaban J connectivity index is 1.56. The number of aryl methyl sites for hydroxylation is 1. The van der Waals surface area contributed by atoms with Gasteiger partial charge in [-0.15, -0.1) is 0 Å². The zero-order valence-electron chi connectivity index (χ0n) is 19.6. The number of carbonyl (C=O) groups excluding carboxylic acids is 2. The zero-order valence-corrected chi connectivity index (χ0v) is 19.6. The molecule has 2 aromatic heterocycles. The van der Waals surface area contributed by atoms with Gasteiger partial charge in [0.2, 0.25) is 11.3 Å². The van der Waals surface area contributed by atoms with Crippen LogP contribution in [-0.4, -0.2) is 37.2 Å². The van der Waals surface area contributed by atoms with Gasteiger partial charge < -0.3 is 20.9 Å². The van der Waals surface area contributed by atoms with Crippen molar-refractivity contribution in [3.05, 3.63) is 82.0 Å². The van der Waals surface area contributed by atoms with Crippen molar-refractivity contribution in [2.75, 3.05) is 0 Å². The monoisotopic (exact) mass is 471 g/mol. The van der Waals surface area contributed by atoms with E-state index in [4.69, 9.17) is 10.5 Å². The summed E-state index contributed by atoms with van der Waals surface area (Å²) in [5, 5.41) is 19.2. The van der Waals surface area contributed by atoms with Crippen LogP contribution in [0.4, 0.5) is 0 Å². The van der Waals surface area contributed by atoms with E-state index in [9.17, 15) is 14.7 Å². The second-order valence-corrected chi connectivity index (χ2v) is 9.60. The van der Waals surface area contributed by atoms with Crippen molar-refractivity contribution in [1.29, 1.82) is 0 Å². The highest BCUT2D eigenvalue weighted by Crippen LogP contribution is 2.59. The highest BCUT2D eigenvalue weighted by molar-refractivity contribution is 6.16. The molecule has 1 saturated carbocycles. The first-order valence-corrected chi connectivity index (χ1v) is 11.6. The number of fused-ring (bicyclic) bond motifs is 6. The van der Waals surface area contributed by atoms with Gasteiger partial charge in [-0.05, 0) is 37.3 Å². The van der Waals surface area contributed by atoms with Crippen molar-refractivity contribution < 1.29 is 19.4 Å². The number of carbonyl (C=O) groups is 2. The van der Waals surface area contributed by atoms with Gasteiger partial charge in [0, 0.05) is 34.7 Å². The average molecular weight is 472 g/mol. The summed E-state index contributed by atoms with van der Waals surface area (Å²) >= 11 is 0. The SMILES string of the molecule is Cc1c(C(=O)NC23C(=O)C4=C(N)CCC=C4C2(O)Oc2cc(C(C)C)ccc23)cnc2ccnn12. The van der Waals surface area contributed by atoms with Gasteiger partial charge in [-0.3, -0.25) is 9.59 Å². The Morgan fingerprint density at radius 3 is 2.89 bits per heavy atom. The number of allylic oxidation sites excluding steroid dienone is 2. The molecule has 9 heteroatoms. The number of hydrogen-bond acceptors (Lipinski definition) is 7. The van der Waals surface area contributed by atoms with Gasteiger partial charge in [0.1, 0.15) is 5.75 Å². The highest BCUT2D eigenvalue weighted by Gasteiger charge is 2.74. The van der Waals surface area contributed by atoms with Gasteiger partial charge >= 0.3 is 0 Å². The molecule has 1 aliphatic heterocycles. The maximum atomic E-state index is 14.1. The van der Waals surface area contributed by atoms with Crippen molar-refractivity contribution in [3.8, 4) is 5.75 Å². The van der Waals surface area contributed by atoms with Crippen LogP contribution in [0.3, 0.4) is 0 Å². The fourth-order valence-electron chi connectivity index (χ4n) is 5.44. The molecule has 3 aliphatic rings. The number of nitrogens with two attached hydrogens (primary N) is 1. The van der Waals surface area contributed by atoms with Gasteiger partial charge in [0.15, 0.2) is 5.65 Å².